The van der Waals surface area contributed by atoms with E-state index in [0.29, 0.717) is 27.5 Å². The second-order valence-electron chi connectivity index (χ2n) is 10.9. The summed E-state index contributed by atoms with van der Waals surface area (Å²) in [7, 11) is 2.85. The number of carbonyl (C=O) groups is 1. The fourth-order valence-electron chi connectivity index (χ4n) is 5.78. The molecular weight excluding hydrogens is 631 g/mol. The van der Waals surface area contributed by atoms with E-state index in [-0.39, 0.29) is 28.0 Å². The summed E-state index contributed by atoms with van der Waals surface area (Å²) in [6.45, 7) is 0. The Morgan fingerprint density at radius 2 is 1.80 bits per heavy atom. The van der Waals surface area contributed by atoms with Gasteiger partial charge in [-0.05, 0) is 60.2 Å². The predicted octanol–water partition coefficient (Wildman–Crippen LogP) is 7.66. The number of aromatic nitrogens is 2. The van der Waals surface area contributed by atoms with Crippen LogP contribution in [0.4, 0.5) is 30.4 Å². The summed E-state index contributed by atoms with van der Waals surface area (Å²) in [6.07, 6.45) is -2.30. The first-order chi connectivity index (χ1) is 21.9. The third-order valence-electron chi connectivity index (χ3n) is 7.99. The predicted molar refractivity (Wildman–Crippen MR) is 162 cm³/mol. The van der Waals surface area contributed by atoms with Gasteiger partial charge in [0.1, 0.15) is 22.3 Å². The lowest BCUT2D eigenvalue weighted by Crippen LogP contribution is -2.35. The number of halogens is 4. The van der Waals surface area contributed by atoms with Crippen molar-refractivity contribution in [1.82, 2.24) is 9.78 Å². The number of anilines is 2. The first-order valence-corrected chi connectivity index (χ1v) is 14.6. The minimum Gasteiger partial charge on any atom is -0.493 e. The Morgan fingerprint density at radius 1 is 1.04 bits per heavy atom. The van der Waals surface area contributed by atoms with E-state index in [4.69, 9.17) is 25.8 Å². The summed E-state index contributed by atoms with van der Waals surface area (Å²) in [5.41, 5.74) is 1.90. The van der Waals surface area contributed by atoms with E-state index in [2.05, 4.69) is 15.7 Å². The summed E-state index contributed by atoms with van der Waals surface area (Å²) in [5.74, 6) is 0.0948. The topological polar surface area (TPSA) is 130 Å². The zero-order valence-corrected chi connectivity index (χ0v) is 25.2. The maximum absolute atomic E-state index is 14.3. The first-order valence-electron chi connectivity index (χ1n) is 14.2. The van der Waals surface area contributed by atoms with Gasteiger partial charge in [0.2, 0.25) is 0 Å². The molecule has 1 amide bonds. The minimum absolute atomic E-state index is 0.0408. The Balaban J connectivity index is 1.29. The highest BCUT2D eigenvalue weighted by molar-refractivity contribution is 6.36. The quantitative estimate of drug-likeness (QED) is 0.146. The van der Waals surface area contributed by atoms with Gasteiger partial charge in [-0.15, -0.1) is 0 Å². The first kappa shape index (κ1) is 31.0. The molecule has 2 aliphatic rings. The van der Waals surface area contributed by atoms with E-state index in [0.717, 1.165) is 30.9 Å². The average molecular weight is 658 g/mol. The lowest BCUT2D eigenvalue weighted by molar-refractivity contribution is -0.384. The third-order valence-corrected chi connectivity index (χ3v) is 8.34. The number of hydrogen-bond donors (Lipinski definition) is 2. The van der Waals surface area contributed by atoms with Crippen LogP contribution in [0.25, 0.3) is 0 Å². The number of nitrogens with one attached hydrogen (secondary N) is 2. The number of methoxy groups -OCH3 is 2. The van der Waals surface area contributed by atoms with Gasteiger partial charge in [0.15, 0.2) is 23.2 Å². The largest absolute Gasteiger partial charge is 0.493 e. The molecule has 0 saturated carbocycles. The van der Waals surface area contributed by atoms with Crippen molar-refractivity contribution in [2.75, 3.05) is 24.9 Å². The highest BCUT2D eigenvalue weighted by Crippen LogP contribution is 2.47. The van der Waals surface area contributed by atoms with Gasteiger partial charge in [-0.2, -0.15) is 18.3 Å². The number of fused-ring (bicyclic) bond motifs is 2. The summed E-state index contributed by atoms with van der Waals surface area (Å²) in [5, 5.41) is 20.7. The van der Waals surface area contributed by atoms with Crippen molar-refractivity contribution in [1.29, 1.82) is 0 Å². The van der Waals surface area contributed by atoms with Gasteiger partial charge in [0, 0.05) is 18.6 Å². The van der Waals surface area contributed by atoms with Crippen LogP contribution >= 0.6 is 11.6 Å². The Hall–Kier alpha value is -4.98. The van der Waals surface area contributed by atoms with Crippen LogP contribution in [0.15, 0.2) is 54.6 Å². The number of rotatable bonds is 8. The van der Waals surface area contributed by atoms with Crippen molar-refractivity contribution in [3.05, 3.63) is 92.1 Å². The molecule has 0 radical (unpaired) electrons. The van der Waals surface area contributed by atoms with Crippen LogP contribution in [-0.2, 0) is 12.8 Å². The van der Waals surface area contributed by atoms with E-state index in [1.807, 2.05) is 12.1 Å². The Bertz CT molecular complexity index is 1850. The molecule has 2 heterocycles. The molecule has 11 nitrogen and oxygen atoms in total. The van der Waals surface area contributed by atoms with Crippen LogP contribution in [0, 0.1) is 10.1 Å². The number of benzene rings is 3. The Kier molecular flexibility index (Phi) is 8.15. The fraction of sp³-hybridized carbons (Fsp3) is 0.290. The van der Waals surface area contributed by atoms with Crippen molar-refractivity contribution >= 4 is 34.7 Å². The molecule has 0 saturated heterocycles. The van der Waals surface area contributed by atoms with E-state index in [1.165, 1.54) is 31.9 Å². The standard InChI is InChI=1S/C31H27ClF3N5O6/c1-44-24-9-7-18(11-25(24)45-2)23-15-26(31(33,34)35)39-29(37-23)27(32)28(38-39)30(41)36-19-12-20(40(42)43)14-22(13-19)46-21-8-6-16-4-3-5-17(16)10-21/h6-14,23,26,37H,3-5,15H2,1-2H3,(H,36,41)/t23-,26-/m1/s1. The summed E-state index contributed by atoms with van der Waals surface area (Å²) in [4.78, 5) is 24.4. The number of nitro benzene ring substituents is 1. The molecule has 0 spiro atoms. The molecule has 6 rings (SSSR count). The molecule has 46 heavy (non-hydrogen) atoms. The van der Waals surface area contributed by atoms with E-state index >= 15 is 0 Å². The second kappa shape index (κ2) is 12.1. The van der Waals surface area contributed by atoms with Crippen molar-refractivity contribution in [2.45, 2.75) is 43.9 Å². The number of non-ortho nitro benzene ring substituents is 1. The zero-order chi connectivity index (χ0) is 32.7. The fourth-order valence-corrected chi connectivity index (χ4v) is 6.05. The molecule has 0 unspecified atom stereocenters. The van der Waals surface area contributed by atoms with E-state index in [9.17, 15) is 28.1 Å². The molecule has 3 aromatic carbocycles. The highest BCUT2D eigenvalue weighted by Gasteiger charge is 2.48. The molecule has 2 N–H and O–H groups in total. The number of hydrogen-bond acceptors (Lipinski definition) is 8. The van der Waals surface area contributed by atoms with E-state index in [1.54, 1.807) is 24.3 Å². The highest BCUT2D eigenvalue weighted by atomic mass is 35.5. The van der Waals surface area contributed by atoms with Crippen LogP contribution in [0.3, 0.4) is 0 Å². The molecule has 240 valence electrons. The summed E-state index contributed by atoms with van der Waals surface area (Å²) in [6, 6.07) is 11.0. The Labute approximate surface area is 265 Å². The van der Waals surface area contributed by atoms with Crippen LogP contribution in [0.2, 0.25) is 5.02 Å². The monoisotopic (exact) mass is 657 g/mol. The number of ether oxygens (including phenoxy) is 3. The molecule has 0 bridgehead atoms. The van der Waals surface area contributed by atoms with Gasteiger partial charge in [0.05, 0.1) is 36.9 Å². The molecule has 0 fully saturated rings. The average Bonchev–Trinajstić information content (AvgIpc) is 3.63. The van der Waals surface area contributed by atoms with Crippen LogP contribution in [-0.4, -0.2) is 41.0 Å². The lowest BCUT2D eigenvalue weighted by atomic mass is 9.96. The van der Waals surface area contributed by atoms with Crippen molar-refractivity contribution in [2.24, 2.45) is 0 Å². The number of nitrogens with zero attached hydrogens (tertiary/aromatic N) is 3. The van der Waals surface area contributed by atoms with Crippen LogP contribution in [0.5, 0.6) is 23.0 Å². The van der Waals surface area contributed by atoms with E-state index < -0.39 is 41.2 Å². The Morgan fingerprint density at radius 3 is 2.52 bits per heavy atom. The van der Waals surface area contributed by atoms with Crippen molar-refractivity contribution < 1.29 is 37.1 Å². The molecule has 2 atom stereocenters. The maximum Gasteiger partial charge on any atom is 0.410 e. The van der Waals surface area contributed by atoms with Crippen molar-refractivity contribution in [3.8, 4) is 23.0 Å². The molecule has 4 aromatic rings. The molecule has 15 heteroatoms. The number of nitro groups is 1. The zero-order valence-electron chi connectivity index (χ0n) is 24.5. The lowest BCUT2D eigenvalue weighted by Gasteiger charge is -2.33. The molecular formula is C31H27ClF3N5O6. The summed E-state index contributed by atoms with van der Waals surface area (Å²) < 4.78 is 60.0. The minimum atomic E-state index is -4.74. The van der Waals surface area contributed by atoms with Crippen LogP contribution < -0.4 is 24.8 Å². The van der Waals surface area contributed by atoms with Gasteiger partial charge in [-0.25, -0.2) is 4.68 Å². The van der Waals surface area contributed by atoms with Gasteiger partial charge in [-0.1, -0.05) is 23.7 Å². The number of alkyl halides is 3. The normalized spacial score (nSPS) is 17.0. The van der Waals surface area contributed by atoms with Crippen LogP contribution in [0.1, 0.15) is 52.1 Å². The molecule has 1 aliphatic carbocycles. The summed E-state index contributed by atoms with van der Waals surface area (Å²) >= 11 is 6.49. The maximum atomic E-state index is 14.3. The molecule has 1 aromatic heterocycles. The van der Waals surface area contributed by atoms with Crippen molar-refractivity contribution in [3.63, 3.8) is 0 Å². The van der Waals surface area contributed by atoms with Gasteiger partial charge < -0.3 is 24.8 Å². The second-order valence-corrected chi connectivity index (χ2v) is 11.3. The SMILES string of the molecule is COc1ccc([C@H]2C[C@H](C(F)(F)F)n3nc(C(=O)Nc4cc(Oc5ccc6c(c5)CCC6)cc([N+](=O)[O-])c4)c(Cl)c3N2)cc1OC. The third kappa shape index (κ3) is 5.99. The number of aryl methyl sites for hydroxylation is 2. The van der Waals surface area contributed by atoms with Gasteiger partial charge in [0.25, 0.3) is 11.6 Å². The van der Waals surface area contributed by atoms with Gasteiger partial charge >= 0.3 is 6.18 Å². The van der Waals surface area contributed by atoms with Gasteiger partial charge in [-0.3, -0.25) is 14.9 Å². The number of carbonyl (C=O) groups excluding carboxylic acids is 1. The molecule has 1 aliphatic heterocycles. The smallest absolute Gasteiger partial charge is 0.410 e. The number of amides is 1.